The SMILES string of the molecule is Cc1cc2oc(=O)cc(C)c2cc1NC(=O)c1cc2c(s1)C1(CCNCC1)OCC2.Cl. The number of halogens is 1. The van der Waals surface area contributed by atoms with E-state index in [1.807, 2.05) is 26.0 Å². The van der Waals surface area contributed by atoms with Crippen LogP contribution in [0.2, 0.25) is 0 Å². The molecule has 164 valence electrons. The summed E-state index contributed by atoms with van der Waals surface area (Å²) in [6.45, 7) is 6.34. The van der Waals surface area contributed by atoms with Crippen LogP contribution in [-0.2, 0) is 16.8 Å². The van der Waals surface area contributed by atoms with Gasteiger partial charge in [0.05, 0.1) is 11.5 Å². The first-order valence-electron chi connectivity index (χ1n) is 10.3. The molecule has 0 unspecified atom stereocenters. The van der Waals surface area contributed by atoms with Gasteiger partial charge in [-0.3, -0.25) is 4.79 Å². The zero-order valence-corrected chi connectivity index (χ0v) is 19.1. The highest BCUT2D eigenvalue weighted by molar-refractivity contribution is 7.14. The fourth-order valence-electron chi connectivity index (χ4n) is 4.52. The van der Waals surface area contributed by atoms with Crippen LogP contribution in [0.25, 0.3) is 11.0 Å². The molecule has 2 aliphatic rings. The van der Waals surface area contributed by atoms with Crippen LogP contribution in [0, 0.1) is 13.8 Å². The van der Waals surface area contributed by atoms with Crippen LogP contribution in [0.1, 0.15) is 44.1 Å². The first-order chi connectivity index (χ1) is 14.4. The number of carbonyl (C=O) groups excluding carboxylic acids is 1. The number of nitrogens with one attached hydrogen (secondary N) is 2. The van der Waals surface area contributed by atoms with Crippen LogP contribution < -0.4 is 16.3 Å². The molecule has 4 heterocycles. The fraction of sp³-hybridized carbons (Fsp3) is 0.391. The van der Waals surface area contributed by atoms with Gasteiger partial charge in [0.1, 0.15) is 11.2 Å². The van der Waals surface area contributed by atoms with Crippen molar-refractivity contribution in [3.63, 3.8) is 0 Å². The van der Waals surface area contributed by atoms with Crippen molar-refractivity contribution in [2.45, 2.75) is 38.7 Å². The van der Waals surface area contributed by atoms with E-state index in [1.54, 1.807) is 17.4 Å². The second-order valence-electron chi connectivity index (χ2n) is 8.17. The van der Waals surface area contributed by atoms with Crippen LogP contribution in [0.3, 0.4) is 0 Å². The van der Waals surface area contributed by atoms with Gasteiger partial charge in [0, 0.05) is 22.0 Å². The Hall–Kier alpha value is -2.19. The van der Waals surface area contributed by atoms with Crippen molar-refractivity contribution in [2.75, 3.05) is 25.0 Å². The number of benzene rings is 1. The van der Waals surface area contributed by atoms with Crippen molar-refractivity contribution in [1.29, 1.82) is 0 Å². The van der Waals surface area contributed by atoms with E-state index in [4.69, 9.17) is 9.15 Å². The standard InChI is InChI=1S/C23H24N2O4S.ClH/c1-13-10-20(26)29-18-9-14(2)17(12-16(13)18)25-22(27)19-11-15-3-8-28-23(21(15)30-19)4-6-24-7-5-23;/h9-12,24H,3-8H2,1-2H3,(H,25,27);1H. The molecule has 2 aromatic heterocycles. The Morgan fingerprint density at radius 2 is 1.90 bits per heavy atom. The highest BCUT2D eigenvalue weighted by Crippen LogP contribution is 2.44. The Kier molecular flexibility index (Phi) is 5.96. The van der Waals surface area contributed by atoms with Crippen LogP contribution in [0.4, 0.5) is 5.69 Å². The lowest BCUT2D eigenvalue weighted by atomic mass is 9.86. The summed E-state index contributed by atoms with van der Waals surface area (Å²) in [6, 6.07) is 7.18. The van der Waals surface area contributed by atoms with Crippen molar-refractivity contribution in [1.82, 2.24) is 5.32 Å². The Morgan fingerprint density at radius 3 is 2.68 bits per heavy atom. The monoisotopic (exact) mass is 460 g/mol. The van der Waals surface area contributed by atoms with E-state index in [0.29, 0.717) is 17.1 Å². The second-order valence-corrected chi connectivity index (χ2v) is 9.23. The zero-order valence-electron chi connectivity index (χ0n) is 17.5. The quantitative estimate of drug-likeness (QED) is 0.557. The molecule has 0 atom stereocenters. The Bertz CT molecular complexity index is 1210. The van der Waals surface area contributed by atoms with Crippen molar-refractivity contribution in [3.8, 4) is 0 Å². The van der Waals surface area contributed by atoms with Gasteiger partial charge in [-0.05, 0) is 81.1 Å². The highest BCUT2D eigenvalue weighted by Gasteiger charge is 2.41. The van der Waals surface area contributed by atoms with Crippen LogP contribution in [0.5, 0.6) is 0 Å². The van der Waals surface area contributed by atoms with Crippen LogP contribution in [0.15, 0.2) is 33.5 Å². The number of hydrogen-bond acceptors (Lipinski definition) is 6. The number of aryl methyl sites for hydroxylation is 2. The summed E-state index contributed by atoms with van der Waals surface area (Å²) < 4.78 is 11.5. The molecule has 1 fully saturated rings. The van der Waals surface area contributed by atoms with Gasteiger partial charge in [0.2, 0.25) is 0 Å². The van der Waals surface area contributed by atoms with E-state index in [2.05, 4.69) is 10.6 Å². The number of thiophene rings is 1. The van der Waals surface area contributed by atoms with Crippen molar-refractivity contribution >= 4 is 46.3 Å². The number of ether oxygens (including phenoxy) is 1. The zero-order chi connectivity index (χ0) is 20.9. The van der Waals surface area contributed by atoms with Gasteiger partial charge in [-0.1, -0.05) is 0 Å². The molecule has 0 radical (unpaired) electrons. The topological polar surface area (TPSA) is 80.6 Å². The number of piperidine rings is 1. The molecule has 3 aromatic rings. The summed E-state index contributed by atoms with van der Waals surface area (Å²) in [5, 5.41) is 7.28. The van der Waals surface area contributed by atoms with Gasteiger partial charge in [-0.15, -0.1) is 23.7 Å². The summed E-state index contributed by atoms with van der Waals surface area (Å²) >= 11 is 1.56. The summed E-state index contributed by atoms with van der Waals surface area (Å²) in [4.78, 5) is 26.7. The van der Waals surface area contributed by atoms with Crippen molar-refractivity contribution in [3.05, 3.63) is 61.1 Å². The van der Waals surface area contributed by atoms with Crippen molar-refractivity contribution < 1.29 is 13.9 Å². The third-order valence-corrected chi connectivity index (χ3v) is 7.51. The average Bonchev–Trinajstić information content (AvgIpc) is 3.16. The lowest BCUT2D eigenvalue weighted by Crippen LogP contribution is -2.43. The number of amides is 1. The molecule has 31 heavy (non-hydrogen) atoms. The Morgan fingerprint density at radius 1 is 1.13 bits per heavy atom. The van der Waals surface area contributed by atoms with Gasteiger partial charge in [0.15, 0.2) is 0 Å². The first kappa shape index (κ1) is 22.0. The molecule has 1 spiro atoms. The summed E-state index contributed by atoms with van der Waals surface area (Å²) in [7, 11) is 0. The number of fused-ring (bicyclic) bond motifs is 3. The summed E-state index contributed by atoms with van der Waals surface area (Å²) in [6.07, 6.45) is 2.73. The number of rotatable bonds is 2. The average molecular weight is 461 g/mol. The van der Waals surface area contributed by atoms with Crippen LogP contribution >= 0.6 is 23.7 Å². The normalized spacial score (nSPS) is 17.2. The maximum atomic E-state index is 13.1. The minimum atomic E-state index is -0.366. The van der Waals surface area contributed by atoms with E-state index in [9.17, 15) is 9.59 Å². The van der Waals surface area contributed by atoms with Gasteiger partial charge >= 0.3 is 5.63 Å². The van der Waals surface area contributed by atoms with Gasteiger partial charge in [-0.25, -0.2) is 4.79 Å². The number of anilines is 1. The van der Waals surface area contributed by atoms with E-state index >= 15 is 0 Å². The molecule has 1 aromatic carbocycles. The molecule has 1 saturated heterocycles. The number of hydrogen-bond donors (Lipinski definition) is 2. The molecule has 8 heteroatoms. The highest BCUT2D eigenvalue weighted by atomic mass is 35.5. The minimum absolute atomic E-state index is 0. The smallest absolute Gasteiger partial charge is 0.336 e. The minimum Gasteiger partial charge on any atom is -0.423 e. The number of carbonyl (C=O) groups is 1. The second kappa shape index (κ2) is 8.39. The molecule has 0 aliphatic carbocycles. The summed E-state index contributed by atoms with van der Waals surface area (Å²) in [5.41, 5.74) is 3.57. The van der Waals surface area contributed by atoms with Gasteiger partial charge in [-0.2, -0.15) is 0 Å². The molecular weight excluding hydrogens is 436 g/mol. The van der Waals surface area contributed by atoms with Crippen LogP contribution in [-0.4, -0.2) is 25.6 Å². The molecule has 0 saturated carbocycles. The lowest BCUT2D eigenvalue weighted by molar-refractivity contribution is -0.0771. The lowest BCUT2D eigenvalue weighted by Gasteiger charge is -2.40. The van der Waals surface area contributed by atoms with E-state index in [1.165, 1.54) is 16.5 Å². The molecule has 6 nitrogen and oxygen atoms in total. The predicted molar refractivity (Wildman–Crippen MR) is 125 cm³/mol. The summed E-state index contributed by atoms with van der Waals surface area (Å²) in [5.74, 6) is -0.115. The third kappa shape index (κ3) is 3.91. The van der Waals surface area contributed by atoms with E-state index in [-0.39, 0.29) is 29.5 Å². The molecular formula is C23H25ClN2O4S. The Balaban J connectivity index is 0.00000231. The molecule has 2 N–H and O–H groups in total. The molecule has 0 bridgehead atoms. The van der Waals surface area contributed by atoms with Gasteiger partial charge in [0.25, 0.3) is 5.91 Å². The molecule has 1 amide bonds. The van der Waals surface area contributed by atoms with Gasteiger partial charge < -0.3 is 19.8 Å². The predicted octanol–water partition coefficient (Wildman–Crippen LogP) is 4.30. The third-order valence-electron chi connectivity index (χ3n) is 6.15. The maximum Gasteiger partial charge on any atom is 0.336 e. The largest absolute Gasteiger partial charge is 0.423 e. The Labute approximate surface area is 190 Å². The molecule has 5 rings (SSSR count). The fourth-order valence-corrected chi connectivity index (χ4v) is 5.83. The van der Waals surface area contributed by atoms with E-state index < -0.39 is 0 Å². The maximum absolute atomic E-state index is 13.1. The van der Waals surface area contributed by atoms with E-state index in [0.717, 1.165) is 54.6 Å². The molecule has 2 aliphatic heterocycles. The van der Waals surface area contributed by atoms with Crippen molar-refractivity contribution in [2.24, 2.45) is 0 Å². The first-order valence-corrected chi connectivity index (χ1v) is 11.1.